The second-order valence-corrected chi connectivity index (χ2v) is 17.9. The van der Waals surface area contributed by atoms with Crippen LogP contribution >= 0.6 is 0 Å². The van der Waals surface area contributed by atoms with Gasteiger partial charge < -0.3 is 30.1 Å². The zero-order valence-electron chi connectivity index (χ0n) is 35.6. The number of hydrogen-bond acceptors (Lipinski definition) is 11. The summed E-state index contributed by atoms with van der Waals surface area (Å²) in [6, 6.07) is 15.6. The number of carbonyl (C=O) groups excluding carboxylic acids is 4. The topological polar surface area (TPSA) is 171 Å². The number of amides is 4. The summed E-state index contributed by atoms with van der Waals surface area (Å²) in [5, 5.41) is 17.0. The van der Waals surface area contributed by atoms with Crippen LogP contribution in [0.1, 0.15) is 101 Å². The fourth-order valence-electron chi connectivity index (χ4n) is 10.1. The van der Waals surface area contributed by atoms with Gasteiger partial charge in [0.05, 0.1) is 42.2 Å². The van der Waals surface area contributed by atoms with Gasteiger partial charge >= 0.3 is 0 Å². The first-order chi connectivity index (χ1) is 31.0. The number of imide groups is 1. The minimum absolute atomic E-state index is 0.00778. The van der Waals surface area contributed by atoms with Gasteiger partial charge in [0.25, 0.3) is 18.2 Å². The number of anilines is 3. The van der Waals surface area contributed by atoms with Crippen LogP contribution < -0.4 is 20.9 Å². The maximum Gasteiger partial charge on any atom is 0.284 e. The number of alkyl halides is 2. The lowest BCUT2D eigenvalue weighted by Crippen LogP contribution is -2.52. The third-order valence-electron chi connectivity index (χ3n) is 13.6. The van der Waals surface area contributed by atoms with Gasteiger partial charge in [-0.3, -0.25) is 29.2 Å². The van der Waals surface area contributed by atoms with Gasteiger partial charge in [0.15, 0.2) is 11.3 Å². The highest BCUT2D eigenvalue weighted by molar-refractivity contribution is 6.09. The van der Waals surface area contributed by atoms with Crippen LogP contribution in [-0.4, -0.2) is 109 Å². The van der Waals surface area contributed by atoms with E-state index in [0.717, 1.165) is 80.8 Å². The second kappa shape index (κ2) is 17.4. The van der Waals surface area contributed by atoms with E-state index in [0.29, 0.717) is 43.2 Å². The molecule has 10 rings (SSSR count). The molecule has 1 unspecified atom stereocenters. The van der Waals surface area contributed by atoms with E-state index in [-0.39, 0.29) is 47.7 Å². The average Bonchev–Trinajstić information content (AvgIpc) is 4.15. The van der Waals surface area contributed by atoms with Gasteiger partial charge in [-0.1, -0.05) is 36.4 Å². The predicted molar refractivity (Wildman–Crippen MR) is 232 cm³/mol. The minimum atomic E-state index is -2.86. The fraction of sp³-hybridized carbons (Fsp3) is 0.457. The molecular weight excluding hydrogens is 825 g/mol. The number of benzene rings is 2. The summed E-state index contributed by atoms with van der Waals surface area (Å²) in [6.07, 6.45) is 7.87. The van der Waals surface area contributed by atoms with Crippen LogP contribution in [-0.2, 0) is 33.8 Å². The van der Waals surface area contributed by atoms with E-state index in [1.165, 1.54) is 22.5 Å². The Labute approximate surface area is 368 Å². The predicted octanol–water partition coefficient (Wildman–Crippen LogP) is 5.37. The number of ether oxygens (including phenoxy) is 1. The van der Waals surface area contributed by atoms with Gasteiger partial charge in [0.1, 0.15) is 17.4 Å². The van der Waals surface area contributed by atoms with Gasteiger partial charge in [-0.15, -0.1) is 0 Å². The smallest absolute Gasteiger partial charge is 0.284 e. The maximum absolute atomic E-state index is 14.3. The van der Waals surface area contributed by atoms with Crippen molar-refractivity contribution in [2.75, 3.05) is 48.8 Å². The molecule has 3 N–H and O–H groups in total. The Bertz CT molecular complexity index is 2590. The molecule has 5 aliphatic rings. The minimum Gasteiger partial charge on any atom is -0.380 e. The lowest BCUT2D eigenvalue weighted by atomic mass is 9.86. The van der Waals surface area contributed by atoms with Crippen LogP contribution in [0.15, 0.2) is 67.1 Å². The second-order valence-electron chi connectivity index (χ2n) is 17.9. The molecule has 4 amide bonds. The highest BCUT2D eigenvalue weighted by Gasteiger charge is 2.41. The van der Waals surface area contributed by atoms with Crippen molar-refractivity contribution in [1.29, 1.82) is 0 Å². The number of carbonyl (C=O) groups is 4. The highest BCUT2D eigenvalue weighted by Crippen LogP contribution is 2.37. The zero-order valence-corrected chi connectivity index (χ0v) is 35.6. The standard InChI is InChI=1S/C46H51F2N11O5/c1-55(17-15-27-5-7-28(8-6-27)20-49-35-4-2-3-30-23-57(46(63)40(30)35)37-13-14-39(60)53-45(37)62)22-29-9-11-31(12-10-29)59-25-36(41(54-59)42(47)48)51-44(61)34-21-50-58-18-16-38(52-43(34)58)56-24-33-19-32(56)26-64-33/h2-8,16,18,21,25,29,31-33,37,42,49H,9-15,17,19-20,22-24,26H2,1H3,(H,51,61)(H,53,60,62)/t29-,31-,32-,33-,37?/m1/s1. The summed E-state index contributed by atoms with van der Waals surface area (Å²) in [4.78, 5) is 62.0. The van der Waals surface area contributed by atoms with E-state index < -0.39 is 30.0 Å². The zero-order chi connectivity index (χ0) is 44.1. The summed E-state index contributed by atoms with van der Waals surface area (Å²) in [7, 11) is 2.13. The summed E-state index contributed by atoms with van der Waals surface area (Å²) in [5.74, 6) is -0.298. The Morgan fingerprint density at radius 3 is 2.55 bits per heavy atom. The Morgan fingerprint density at radius 1 is 0.984 bits per heavy atom. The number of likely N-dealkylation sites (N-methyl/N-ethyl adjacent to an activating group) is 1. The molecule has 1 saturated carbocycles. The van der Waals surface area contributed by atoms with Crippen molar-refractivity contribution in [3.63, 3.8) is 0 Å². The normalized spacial score (nSPS) is 23.1. The van der Waals surface area contributed by atoms with Crippen molar-refractivity contribution in [2.45, 2.75) is 95.1 Å². The number of nitrogens with zero attached hydrogens (tertiary/aromatic N) is 8. The van der Waals surface area contributed by atoms with Crippen LogP contribution in [0.2, 0.25) is 0 Å². The number of rotatable bonds is 14. The van der Waals surface area contributed by atoms with Crippen molar-refractivity contribution < 1.29 is 32.7 Å². The number of hydrogen-bond donors (Lipinski definition) is 3. The number of piperidine rings is 1. The lowest BCUT2D eigenvalue weighted by Gasteiger charge is -2.31. The van der Waals surface area contributed by atoms with E-state index in [2.05, 4.69) is 67.3 Å². The van der Waals surface area contributed by atoms with Crippen LogP contribution in [0, 0.1) is 5.92 Å². The van der Waals surface area contributed by atoms with Crippen molar-refractivity contribution in [3.8, 4) is 0 Å². The molecule has 2 aromatic carbocycles. The van der Waals surface area contributed by atoms with Gasteiger partial charge in [-0.05, 0) is 86.7 Å². The van der Waals surface area contributed by atoms with Crippen molar-refractivity contribution >= 4 is 46.5 Å². The van der Waals surface area contributed by atoms with E-state index in [9.17, 15) is 28.0 Å². The molecule has 334 valence electrons. The quantitative estimate of drug-likeness (QED) is 0.123. The van der Waals surface area contributed by atoms with Crippen molar-refractivity contribution in [1.82, 2.24) is 39.5 Å². The summed E-state index contributed by atoms with van der Waals surface area (Å²) in [6.45, 7) is 4.06. The molecule has 7 heterocycles. The SMILES string of the molecule is CN(CCc1ccc(CNc2cccc3c2C(=O)N(C2CCC(=O)NC2=O)C3)cc1)C[C@H]1CC[C@H](n2cc(NC(=O)c3cnn4ccc(N5C[C@H]6C[C@@H]5CO6)nc34)c(C(F)F)n2)CC1. The van der Waals surface area contributed by atoms with Crippen LogP contribution in [0.3, 0.4) is 0 Å². The van der Waals surface area contributed by atoms with E-state index in [1.807, 2.05) is 24.3 Å². The molecule has 4 aliphatic heterocycles. The molecule has 4 fully saturated rings. The first kappa shape index (κ1) is 41.7. The summed E-state index contributed by atoms with van der Waals surface area (Å²) in [5.41, 5.74) is 4.54. The van der Waals surface area contributed by atoms with Crippen LogP contribution in [0.5, 0.6) is 0 Å². The molecule has 64 heavy (non-hydrogen) atoms. The van der Waals surface area contributed by atoms with Crippen LogP contribution in [0.25, 0.3) is 5.65 Å². The first-order valence-electron chi connectivity index (χ1n) is 22.2. The molecule has 0 spiro atoms. The fourth-order valence-corrected chi connectivity index (χ4v) is 10.1. The molecule has 16 nitrogen and oxygen atoms in total. The van der Waals surface area contributed by atoms with E-state index >= 15 is 0 Å². The molecule has 1 aliphatic carbocycles. The number of aromatic nitrogens is 5. The highest BCUT2D eigenvalue weighted by atomic mass is 19.3. The van der Waals surface area contributed by atoms with Crippen molar-refractivity contribution in [3.05, 3.63) is 101 Å². The monoisotopic (exact) mass is 875 g/mol. The Kier molecular flexibility index (Phi) is 11.3. The van der Waals surface area contributed by atoms with E-state index in [1.54, 1.807) is 15.8 Å². The Hall–Kier alpha value is -6.27. The molecule has 3 aromatic heterocycles. The van der Waals surface area contributed by atoms with Gasteiger partial charge in [-0.25, -0.2) is 18.3 Å². The average molecular weight is 876 g/mol. The van der Waals surface area contributed by atoms with Crippen LogP contribution in [0.4, 0.5) is 26.0 Å². The van der Waals surface area contributed by atoms with Gasteiger partial charge in [0, 0.05) is 57.2 Å². The number of halogens is 2. The third kappa shape index (κ3) is 8.31. The molecule has 18 heteroatoms. The molecule has 0 radical (unpaired) electrons. The molecule has 5 aromatic rings. The first-order valence-corrected chi connectivity index (χ1v) is 22.2. The largest absolute Gasteiger partial charge is 0.380 e. The van der Waals surface area contributed by atoms with Crippen molar-refractivity contribution in [2.24, 2.45) is 5.92 Å². The molecule has 3 atom stereocenters. The third-order valence-corrected chi connectivity index (χ3v) is 13.6. The Balaban J connectivity index is 0.688. The van der Waals surface area contributed by atoms with Gasteiger partial charge in [0.2, 0.25) is 11.8 Å². The number of fused-ring (bicyclic) bond motifs is 4. The molecular formula is C46H51F2N11O5. The van der Waals surface area contributed by atoms with E-state index in [4.69, 9.17) is 9.72 Å². The molecule has 2 bridgehead atoms. The Morgan fingerprint density at radius 2 is 1.80 bits per heavy atom. The summed E-state index contributed by atoms with van der Waals surface area (Å²) >= 11 is 0. The molecule has 3 saturated heterocycles. The maximum atomic E-state index is 14.3. The number of nitrogens with one attached hydrogen (secondary N) is 3. The van der Waals surface area contributed by atoms with Gasteiger partial charge in [-0.2, -0.15) is 10.2 Å². The lowest BCUT2D eigenvalue weighted by molar-refractivity contribution is -0.136. The summed E-state index contributed by atoms with van der Waals surface area (Å²) < 4.78 is 37.4. The number of morpholine rings is 1.